The Balaban J connectivity index is 1.85. The number of nitrogens with zero attached hydrogens (tertiary/aromatic N) is 3. The maximum absolute atomic E-state index is 15.5. The van der Waals surface area contributed by atoms with E-state index in [9.17, 15) is 23.5 Å². The Morgan fingerprint density at radius 3 is 2.21 bits per heavy atom. The number of carbonyl (C=O) groups excluding carboxylic acids is 1. The third kappa shape index (κ3) is 4.30. The molecule has 1 fully saturated rings. The fourth-order valence-electron chi connectivity index (χ4n) is 5.46. The van der Waals surface area contributed by atoms with Crippen LogP contribution in [-0.4, -0.2) is 26.5 Å². The molecule has 1 heterocycles. The summed E-state index contributed by atoms with van der Waals surface area (Å²) in [5, 5.41) is 9.79. The SMILES string of the molecule is CC(=O)N(c1ccc(C(=O)O)cc1F)C1(n2c(-c3ccc(Cl)cc3)nc3cc(F)c(F)cc32)CCCCC1. The zero-order chi connectivity index (χ0) is 27.2. The Morgan fingerprint density at radius 2 is 1.61 bits per heavy atom. The first-order chi connectivity index (χ1) is 18.1. The number of fused-ring (bicyclic) bond motifs is 1. The zero-order valence-electron chi connectivity index (χ0n) is 20.3. The van der Waals surface area contributed by atoms with E-state index in [1.165, 1.54) is 24.0 Å². The number of carboxylic acids is 1. The number of imidazole rings is 1. The van der Waals surface area contributed by atoms with Crippen molar-refractivity contribution in [1.82, 2.24) is 9.55 Å². The average Bonchev–Trinajstić information content (AvgIpc) is 3.24. The minimum absolute atomic E-state index is 0.115. The molecule has 0 aliphatic heterocycles. The molecule has 0 saturated heterocycles. The third-order valence-electron chi connectivity index (χ3n) is 7.04. The second-order valence-corrected chi connectivity index (χ2v) is 9.84. The van der Waals surface area contributed by atoms with Gasteiger partial charge in [-0.25, -0.2) is 22.9 Å². The summed E-state index contributed by atoms with van der Waals surface area (Å²) in [5.41, 5.74) is -0.630. The predicted octanol–water partition coefficient (Wildman–Crippen LogP) is 7.14. The first-order valence-corrected chi connectivity index (χ1v) is 12.5. The van der Waals surface area contributed by atoms with Gasteiger partial charge in [0.25, 0.3) is 0 Å². The van der Waals surface area contributed by atoms with Crippen LogP contribution in [0.1, 0.15) is 49.4 Å². The van der Waals surface area contributed by atoms with Crippen LogP contribution < -0.4 is 4.90 Å². The molecule has 1 aromatic heterocycles. The molecule has 4 aromatic rings. The first kappa shape index (κ1) is 25.8. The molecule has 1 aliphatic rings. The summed E-state index contributed by atoms with van der Waals surface area (Å²) in [7, 11) is 0. The quantitative estimate of drug-likeness (QED) is 0.291. The second kappa shape index (κ2) is 9.79. The van der Waals surface area contributed by atoms with Crippen LogP contribution >= 0.6 is 11.6 Å². The lowest BCUT2D eigenvalue weighted by Gasteiger charge is -2.48. The third-order valence-corrected chi connectivity index (χ3v) is 7.29. The van der Waals surface area contributed by atoms with E-state index in [0.717, 1.165) is 24.6 Å². The highest BCUT2D eigenvalue weighted by molar-refractivity contribution is 6.30. The highest BCUT2D eigenvalue weighted by Crippen LogP contribution is 2.46. The van der Waals surface area contributed by atoms with Crippen LogP contribution in [0.25, 0.3) is 22.4 Å². The molecule has 0 atom stereocenters. The monoisotopic (exact) mass is 541 g/mol. The van der Waals surface area contributed by atoms with Gasteiger partial charge in [0.1, 0.15) is 17.3 Å². The van der Waals surface area contributed by atoms with E-state index in [-0.39, 0.29) is 22.3 Å². The lowest BCUT2D eigenvalue weighted by Crippen LogP contribution is -2.55. The number of amides is 1. The summed E-state index contributed by atoms with van der Waals surface area (Å²) in [6, 6.07) is 12.1. The van der Waals surface area contributed by atoms with Gasteiger partial charge in [0.15, 0.2) is 11.6 Å². The normalized spacial score (nSPS) is 15.0. The van der Waals surface area contributed by atoms with Gasteiger partial charge in [-0.3, -0.25) is 14.3 Å². The molecular weight excluding hydrogens is 519 g/mol. The molecule has 0 radical (unpaired) electrons. The fourth-order valence-corrected chi connectivity index (χ4v) is 5.59. The Bertz CT molecular complexity index is 1560. The molecule has 196 valence electrons. The molecule has 5 rings (SSSR count). The van der Waals surface area contributed by atoms with E-state index in [1.807, 2.05) is 0 Å². The van der Waals surface area contributed by atoms with Gasteiger partial charge in [0.05, 0.1) is 22.3 Å². The molecule has 1 N–H and O–H groups in total. The van der Waals surface area contributed by atoms with Crippen LogP contribution in [0.3, 0.4) is 0 Å². The topological polar surface area (TPSA) is 75.4 Å². The maximum Gasteiger partial charge on any atom is 0.335 e. The van der Waals surface area contributed by atoms with Gasteiger partial charge in [0, 0.05) is 29.6 Å². The summed E-state index contributed by atoms with van der Waals surface area (Å²) in [4.78, 5) is 30.7. The van der Waals surface area contributed by atoms with E-state index in [0.29, 0.717) is 42.1 Å². The number of hydrogen-bond acceptors (Lipinski definition) is 3. The van der Waals surface area contributed by atoms with Gasteiger partial charge in [-0.1, -0.05) is 18.0 Å². The summed E-state index contributed by atoms with van der Waals surface area (Å²) in [6.07, 6.45) is 2.94. The van der Waals surface area contributed by atoms with Crippen molar-refractivity contribution in [3.8, 4) is 11.4 Å². The van der Waals surface area contributed by atoms with E-state index in [2.05, 4.69) is 4.98 Å². The van der Waals surface area contributed by atoms with Crippen LogP contribution in [0, 0.1) is 17.5 Å². The lowest BCUT2D eigenvalue weighted by molar-refractivity contribution is -0.119. The molecule has 1 amide bonds. The summed E-state index contributed by atoms with van der Waals surface area (Å²) in [6.45, 7) is 1.29. The second-order valence-electron chi connectivity index (χ2n) is 9.40. The van der Waals surface area contributed by atoms with Gasteiger partial charge in [-0.2, -0.15) is 0 Å². The maximum atomic E-state index is 15.5. The molecule has 0 bridgehead atoms. The summed E-state index contributed by atoms with van der Waals surface area (Å²) >= 11 is 6.10. The molecule has 3 aromatic carbocycles. The Hall–Kier alpha value is -3.85. The predicted molar refractivity (Wildman–Crippen MR) is 138 cm³/mol. The van der Waals surface area contributed by atoms with Gasteiger partial charge in [-0.05, 0) is 68.1 Å². The van der Waals surface area contributed by atoms with Gasteiger partial charge >= 0.3 is 5.97 Å². The van der Waals surface area contributed by atoms with Crippen molar-refractivity contribution in [2.75, 3.05) is 4.90 Å². The highest BCUT2D eigenvalue weighted by atomic mass is 35.5. The van der Waals surface area contributed by atoms with E-state index in [4.69, 9.17) is 11.6 Å². The molecule has 1 aliphatic carbocycles. The van der Waals surface area contributed by atoms with Crippen molar-refractivity contribution in [3.05, 3.63) is 82.6 Å². The number of hydrogen-bond donors (Lipinski definition) is 1. The zero-order valence-corrected chi connectivity index (χ0v) is 21.1. The number of aromatic nitrogens is 2. The van der Waals surface area contributed by atoms with E-state index >= 15 is 4.39 Å². The summed E-state index contributed by atoms with van der Waals surface area (Å²) < 4.78 is 46.1. The minimum atomic E-state index is -1.31. The number of carboxylic acid groups (broad SMARTS) is 1. The molecule has 38 heavy (non-hydrogen) atoms. The average molecular weight is 542 g/mol. The molecule has 0 unspecified atom stereocenters. The first-order valence-electron chi connectivity index (χ1n) is 12.1. The van der Waals surface area contributed by atoms with E-state index in [1.54, 1.807) is 28.8 Å². The van der Waals surface area contributed by atoms with Crippen LogP contribution in [0.2, 0.25) is 5.02 Å². The van der Waals surface area contributed by atoms with Crippen molar-refractivity contribution in [3.63, 3.8) is 0 Å². The van der Waals surface area contributed by atoms with Crippen LogP contribution in [-0.2, 0) is 10.5 Å². The fraction of sp³-hybridized carbons (Fsp3) is 0.250. The van der Waals surface area contributed by atoms with Gasteiger partial charge < -0.3 is 5.11 Å². The van der Waals surface area contributed by atoms with E-state index < -0.39 is 35.0 Å². The molecule has 1 saturated carbocycles. The Morgan fingerprint density at radius 1 is 0.947 bits per heavy atom. The molecule has 10 heteroatoms. The highest BCUT2D eigenvalue weighted by Gasteiger charge is 2.45. The molecule has 0 spiro atoms. The Labute approximate surface area is 221 Å². The van der Waals surface area contributed by atoms with Crippen LogP contribution in [0.5, 0.6) is 0 Å². The standard InChI is InChI=1S/C28H23ClF3N3O3/c1-16(36)34(24-10-7-18(27(37)38)13-22(24)32)28(11-3-2-4-12-28)35-25-15-21(31)20(30)14-23(25)33-26(35)17-5-8-19(29)9-6-17/h5-10,13-15H,2-4,11-12H2,1H3,(H,37,38). The Kier molecular flexibility index (Phi) is 6.65. The summed E-state index contributed by atoms with van der Waals surface area (Å²) in [5.74, 6) is -4.52. The number of benzene rings is 3. The largest absolute Gasteiger partial charge is 0.478 e. The number of aromatic carboxylic acids is 1. The molecule has 6 nitrogen and oxygen atoms in total. The molecular formula is C28H23ClF3N3O3. The van der Waals surface area contributed by atoms with Crippen molar-refractivity contribution >= 4 is 40.2 Å². The number of carbonyl (C=O) groups is 2. The van der Waals surface area contributed by atoms with Gasteiger partial charge in [-0.15, -0.1) is 0 Å². The number of halogens is 4. The smallest absolute Gasteiger partial charge is 0.335 e. The van der Waals surface area contributed by atoms with Crippen LogP contribution in [0.15, 0.2) is 54.6 Å². The lowest BCUT2D eigenvalue weighted by atomic mass is 9.85. The number of rotatable bonds is 5. The minimum Gasteiger partial charge on any atom is -0.478 e. The van der Waals surface area contributed by atoms with Crippen molar-refractivity contribution in [2.24, 2.45) is 0 Å². The van der Waals surface area contributed by atoms with Crippen molar-refractivity contribution in [1.29, 1.82) is 0 Å². The van der Waals surface area contributed by atoms with Crippen LogP contribution in [0.4, 0.5) is 18.9 Å². The van der Waals surface area contributed by atoms with Gasteiger partial charge in [0.2, 0.25) is 5.91 Å². The van der Waals surface area contributed by atoms with Crippen molar-refractivity contribution < 1.29 is 27.9 Å². The van der Waals surface area contributed by atoms with Crippen molar-refractivity contribution in [2.45, 2.75) is 44.7 Å². The number of anilines is 1.